The lowest BCUT2D eigenvalue weighted by molar-refractivity contribution is 0.586. The molecule has 148 valence electrons. The highest BCUT2D eigenvalue weighted by Gasteiger charge is 2.19. The zero-order valence-corrected chi connectivity index (χ0v) is 19.6. The van der Waals surface area contributed by atoms with Crippen LogP contribution in [0.2, 0.25) is 0 Å². The Balaban J connectivity index is 3.90. The second kappa shape index (κ2) is 18.6. The van der Waals surface area contributed by atoms with Crippen molar-refractivity contribution in [2.75, 3.05) is 17.3 Å². The molecule has 0 spiro atoms. The summed E-state index contributed by atoms with van der Waals surface area (Å²) in [5, 5.41) is 0. The second-order valence-corrected chi connectivity index (χ2v) is 14.9. The minimum Gasteiger partial charge on any atom is -0.183 e. The molecule has 0 aliphatic carbocycles. The van der Waals surface area contributed by atoms with Crippen LogP contribution in [-0.4, -0.2) is 17.3 Å². The number of hydrogen-bond acceptors (Lipinski definition) is 0. The molecule has 0 fully saturated rings. The molecule has 0 radical (unpaired) electrons. The van der Waals surface area contributed by atoms with E-state index in [2.05, 4.69) is 35.6 Å². The highest BCUT2D eigenvalue weighted by Crippen LogP contribution is 2.57. The van der Waals surface area contributed by atoms with Gasteiger partial charge in [-0.3, -0.25) is 0 Å². The smallest absolute Gasteiger partial charge is 0.0136 e. The quantitative estimate of drug-likeness (QED) is 0.181. The Morgan fingerprint density at radius 2 is 0.667 bits per heavy atom. The molecule has 0 saturated heterocycles. The van der Waals surface area contributed by atoms with Gasteiger partial charge in [0.15, 0.2) is 0 Å². The van der Waals surface area contributed by atoms with E-state index in [0.29, 0.717) is 0 Å². The third-order valence-corrected chi connectivity index (χ3v) is 11.1. The maximum absolute atomic E-state index is 4.28. The number of halogens is 1. The molecular formula is C22H47BrS. The van der Waals surface area contributed by atoms with E-state index in [1.54, 1.807) is 0 Å². The predicted molar refractivity (Wildman–Crippen MR) is 122 cm³/mol. The normalized spacial score (nSPS) is 12.7. The molecule has 2 heteroatoms. The first-order valence-corrected chi connectivity index (χ1v) is 15.1. The Kier molecular flexibility index (Phi) is 19.3. The first kappa shape index (κ1) is 24.8. The highest BCUT2D eigenvalue weighted by atomic mass is 79.9. The summed E-state index contributed by atoms with van der Waals surface area (Å²) in [6.45, 7) is 6.94. The van der Waals surface area contributed by atoms with Gasteiger partial charge in [-0.1, -0.05) is 104 Å². The lowest BCUT2D eigenvalue weighted by Crippen LogP contribution is -2.08. The van der Waals surface area contributed by atoms with E-state index in [4.69, 9.17) is 0 Å². The molecular weight excluding hydrogens is 376 g/mol. The van der Waals surface area contributed by atoms with Crippen LogP contribution in [0.25, 0.3) is 0 Å². The largest absolute Gasteiger partial charge is 0.183 e. The van der Waals surface area contributed by atoms with Crippen LogP contribution in [0.4, 0.5) is 0 Å². The van der Waals surface area contributed by atoms with Crippen LogP contribution in [0, 0.1) is 0 Å². The molecule has 24 heavy (non-hydrogen) atoms. The van der Waals surface area contributed by atoms with Gasteiger partial charge in [-0.2, -0.15) is 8.46 Å². The topological polar surface area (TPSA) is 0 Å². The van der Waals surface area contributed by atoms with Crippen molar-refractivity contribution >= 4 is 23.3 Å². The average Bonchev–Trinajstić information content (AvgIpc) is 2.58. The summed E-state index contributed by atoms with van der Waals surface area (Å²) in [5.74, 6) is 4.45. The minimum atomic E-state index is -0.489. The van der Waals surface area contributed by atoms with Crippen LogP contribution in [0.1, 0.15) is 124 Å². The van der Waals surface area contributed by atoms with Crippen molar-refractivity contribution in [3.05, 3.63) is 0 Å². The summed E-state index contributed by atoms with van der Waals surface area (Å²) >= 11 is 4.28. The van der Waals surface area contributed by atoms with Crippen LogP contribution in [0.15, 0.2) is 0 Å². The SMILES string of the molecule is CCCCCCCCCCS(Br)(CCCCCC)CCCCCC. The van der Waals surface area contributed by atoms with Crippen molar-refractivity contribution in [1.82, 2.24) is 0 Å². The van der Waals surface area contributed by atoms with Gasteiger partial charge in [0.1, 0.15) is 0 Å². The minimum absolute atomic E-state index is 0.489. The van der Waals surface area contributed by atoms with E-state index in [9.17, 15) is 0 Å². The van der Waals surface area contributed by atoms with Gasteiger partial charge in [0.2, 0.25) is 0 Å². The van der Waals surface area contributed by atoms with Crippen molar-refractivity contribution in [2.24, 2.45) is 0 Å². The van der Waals surface area contributed by atoms with Gasteiger partial charge < -0.3 is 0 Å². The Morgan fingerprint density at radius 1 is 0.417 bits per heavy atom. The molecule has 0 saturated carbocycles. The fourth-order valence-electron chi connectivity index (χ4n) is 3.38. The van der Waals surface area contributed by atoms with Crippen LogP contribution < -0.4 is 0 Å². The van der Waals surface area contributed by atoms with E-state index in [1.165, 1.54) is 120 Å². The third kappa shape index (κ3) is 16.3. The lowest BCUT2D eigenvalue weighted by Gasteiger charge is -2.34. The summed E-state index contributed by atoms with van der Waals surface area (Å²) in [5.41, 5.74) is 0. The summed E-state index contributed by atoms with van der Waals surface area (Å²) in [6.07, 6.45) is 23.0. The van der Waals surface area contributed by atoms with Crippen molar-refractivity contribution in [2.45, 2.75) is 124 Å². The highest BCUT2D eigenvalue weighted by molar-refractivity contribution is 9.58. The molecule has 0 heterocycles. The monoisotopic (exact) mass is 422 g/mol. The van der Waals surface area contributed by atoms with Crippen LogP contribution in [0.3, 0.4) is 0 Å². The third-order valence-electron chi connectivity index (χ3n) is 5.09. The molecule has 0 bridgehead atoms. The number of unbranched alkanes of at least 4 members (excludes halogenated alkanes) is 13. The second-order valence-electron chi connectivity index (χ2n) is 7.65. The fraction of sp³-hybridized carbons (Fsp3) is 1.00. The van der Waals surface area contributed by atoms with Gasteiger partial charge in [0, 0.05) is 0 Å². The molecule has 0 aliphatic rings. The molecule has 0 aromatic rings. The van der Waals surface area contributed by atoms with Gasteiger partial charge in [0.05, 0.1) is 0 Å². The molecule has 0 atom stereocenters. The van der Waals surface area contributed by atoms with Crippen molar-refractivity contribution in [3.63, 3.8) is 0 Å². The van der Waals surface area contributed by atoms with Crippen molar-refractivity contribution in [1.29, 1.82) is 0 Å². The molecule has 0 amide bonds. The summed E-state index contributed by atoms with van der Waals surface area (Å²) < 4.78 is 0. The van der Waals surface area contributed by atoms with Gasteiger partial charge >= 0.3 is 0 Å². The molecule has 0 aromatic heterocycles. The van der Waals surface area contributed by atoms with Crippen LogP contribution in [-0.2, 0) is 0 Å². The molecule has 0 rings (SSSR count). The van der Waals surface area contributed by atoms with Gasteiger partial charge in [0.25, 0.3) is 0 Å². The summed E-state index contributed by atoms with van der Waals surface area (Å²) in [6, 6.07) is 0. The Morgan fingerprint density at radius 3 is 1.00 bits per heavy atom. The summed E-state index contributed by atoms with van der Waals surface area (Å²) in [7, 11) is -0.489. The van der Waals surface area contributed by atoms with Gasteiger partial charge in [-0.05, 0) is 51.3 Å². The van der Waals surface area contributed by atoms with Crippen molar-refractivity contribution < 1.29 is 0 Å². The van der Waals surface area contributed by atoms with Crippen molar-refractivity contribution in [3.8, 4) is 0 Å². The first-order chi connectivity index (χ1) is 11.7. The number of hydrogen-bond donors (Lipinski definition) is 0. The molecule has 0 aromatic carbocycles. The number of rotatable bonds is 19. The maximum atomic E-state index is 4.28. The fourth-order valence-corrected chi connectivity index (χ4v) is 8.21. The summed E-state index contributed by atoms with van der Waals surface area (Å²) in [4.78, 5) is 0. The van der Waals surface area contributed by atoms with Crippen LogP contribution in [0.5, 0.6) is 0 Å². The van der Waals surface area contributed by atoms with Gasteiger partial charge in [-0.15, -0.1) is 0 Å². The van der Waals surface area contributed by atoms with E-state index >= 15 is 0 Å². The maximum Gasteiger partial charge on any atom is -0.0136 e. The van der Waals surface area contributed by atoms with E-state index in [1.807, 2.05) is 0 Å². The van der Waals surface area contributed by atoms with Gasteiger partial charge in [-0.25, -0.2) is 0 Å². The average molecular weight is 424 g/mol. The molecule has 0 N–H and O–H groups in total. The lowest BCUT2D eigenvalue weighted by atomic mass is 10.1. The Bertz CT molecular complexity index is 230. The van der Waals surface area contributed by atoms with E-state index in [-0.39, 0.29) is 0 Å². The molecule has 0 aliphatic heterocycles. The predicted octanol–water partition coefficient (Wildman–Crippen LogP) is 9.40. The Hall–Kier alpha value is 0.830. The zero-order valence-electron chi connectivity index (χ0n) is 17.2. The molecule has 0 nitrogen and oxygen atoms in total. The standard InChI is InChI=1S/C22H47BrS/c1-4-7-10-13-14-15-16-19-22-24(23,20-17-11-8-5-2)21-18-12-9-6-3/h4-22H2,1-3H3. The first-order valence-electron chi connectivity index (χ1n) is 11.1. The van der Waals surface area contributed by atoms with E-state index < -0.39 is 8.46 Å². The Labute approximate surface area is 163 Å². The molecule has 0 unspecified atom stereocenters. The zero-order chi connectivity index (χ0) is 17.9. The van der Waals surface area contributed by atoms with Crippen LogP contribution >= 0.6 is 23.3 Å². The van der Waals surface area contributed by atoms with E-state index in [0.717, 1.165) is 0 Å².